The molecule has 2 rings (SSSR count). The Bertz CT molecular complexity index is 702. The van der Waals surface area contributed by atoms with Crippen LogP contribution in [0.3, 0.4) is 0 Å². The lowest BCUT2D eigenvalue weighted by molar-refractivity contribution is 0.174. The summed E-state index contributed by atoms with van der Waals surface area (Å²) in [5, 5.41) is 14.4. The molecule has 0 radical (unpaired) electrons. The number of nitrogens with one attached hydrogen (secondary N) is 2. The summed E-state index contributed by atoms with van der Waals surface area (Å²) >= 11 is 5.69. The molecule has 0 bridgehead atoms. The van der Waals surface area contributed by atoms with Gasteiger partial charge in [-0.3, -0.25) is 0 Å². The normalized spacial score (nSPS) is 11.9. The van der Waals surface area contributed by atoms with Crippen molar-refractivity contribution in [3.05, 3.63) is 64.2 Å². The van der Waals surface area contributed by atoms with Crippen LogP contribution in [-0.4, -0.2) is 17.7 Å². The number of hydrogen-bond acceptors (Lipinski definition) is 2. The van der Waals surface area contributed by atoms with Crippen LogP contribution in [0.4, 0.5) is 19.3 Å². The van der Waals surface area contributed by atoms with Gasteiger partial charge in [-0.05, 0) is 24.1 Å². The molecule has 0 saturated carbocycles. The van der Waals surface area contributed by atoms with Crippen LogP contribution >= 0.6 is 11.6 Å². The fourth-order valence-corrected chi connectivity index (χ4v) is 2.32. The van der Waals surface area contributed by atoms with Gasteiger partial charge in [-0.15, -0.1) is 0 Å². The molecule has 2 aromatic rings. The molecule has 2 amide bonds. The predicted octanol–water partition coefficient (Wildman–Crippen LogP) is 3.78. The van der Waals surface area contributed by atoms with Crippen LogP contribution in [0.1, 0.15) is 17.2 Å². The van der Waals surface area contributed by atoms with Crippen LogP contribution in [0.2, 0.25) is 5.02 Å². The third kappa shape index (κ3) is 4.40. The number of rotatable bonds is 4. The zero-order valence-electron chi connectivity index (χ0n) is 12.2. The number of halogens is 3. The number of carbonyl (C=O) groups excluding carboxylic acids is 1. The van der Waals surface area contributed by atoms with Crippen molar-refractivity contribution in [3.63, 3.8) is 0 Å². The molecule has 0 aliphatic carbocycles. The molecule has 3 N–H and O–H groups in total. The van der Waals surface area contributed by atoms with E-state index < -0.39 is 23.8 Å². The summed E-state index contributed by atoms with van der Waals surface area (Å²) in [6.45, 7) is 1.77. The van der Waals surface area contributed by atoms with Crippen LogP contribution in [0, 0.1) is 18.6 Å². The monoisotopic (exact) mass is 340 g/mol. The van der Waals surface area contributed by atoms with Crippen molar-refractivity contribution in [2.45, 2.75) is 13.0 Å². The van der Waals surface area contributed by atoms with Crippen LogP contribution < -0.4 is 10.6 Å². The van der Waals surface area contributed by atoms with Gasteiger partial charge in [0.15, 0.2) is 5.82 Å². The van der Waals surface area contributed by atoms with Gasteiger partial charge in [0.05, 0.1) is 16.8 Å². The second-order valence-corrected chi connectivity index (χ2v) is 5.36. The number of urea groups is 1. The Labute approximate surface area is 137 Å². The average molecular weight is 341 g/mol. The zero-order chi connectivity index (χ0) is 17.0. The summed E-state index contributed by atoms with van der Waals surface area (Å²) in [5.41, 5.74) is 1.24. The van der Waals surface area contributed by atoms with Gasteiger partial charge < -0.3 is 15.7 Å². The second kappa shape index (κ2) is 7.39. The van der Waals surface area contributed by atoms with Crippen molar-refractivity contribution in [1.82, 2.24) is 5.32 Å². The first kappa shape index (κ1) is 17.2. The summed E-state index contributed by atoms with van der Waals surface area (Å²) < 4.78 is 26.5. The van der Waals surface area contributed by atoms with Gasteiger partial charge in [-0.2, -0.15) is 0 Å². The van der Waals surface area contributed by atoms with Crippen molar-refractivity contribution in [2.75, 3.05) is 11.9 Å². The van der Waals surface area contributed by atoms with E-state index in [1.165, 1.54) is 0 Å². The maximum atomic E-state index is 13.6. The number of amides is 2. The van der Waals surface area contributed by atoms with Crippen LogP contribution in [-0.2, 0) is 0 Å². The third-order valence-corrected chi connectivity index (χ3v) is 3.55. The molecule has 0 aliphatic rings. The summed E-state index contributed by atoms with van der Waals surface area (Å²) in [6.07, 6.45) is -0.907. The van der Waals surface area contributed by atoms with Gasteiger partial charge in [0.2, 0.25) is 0 Å². The first-order chi connectivity index (χ1) is 10.9. The summed E-state index contributed by atoms with van der Waals surface area (Å²) in [4.78, 5) is 11.8. The molecule has 0 saturated heterocycles. The summed E-state index contributed by atoms with van der Waals surface area (Å²) in [6, 6.07) is 7.95. The Balaban J connectivity index is 1.97. The molecule has 122 valence electrons. The van der Waals surface area contributed by atoms with Crippen molar-refractivity contribution >= 4 is 23.3 Å². The maximum Gasteiger partial charge on any atom is 0.319 e. The molecule has 7 heteroatoms. The average Bonchev–Trinajstić information content (AvgIpc) is 2.49. The molecule has 4 nitrogen and oxygen atoms in total. The molecule has 0 aliphatic heterocycles. The number of anilines is 1. The lowest BCUT2D eigenvalue weighted by Gasteiger charge is -2.15. The summed E-state index contributed by atoms with van der Waals surface area (Å²) in [7, 11) is 0. The third-order valence-electron chi connectivity index (χ3n) is 3.25. The highest BCUT2D eigenvalue weighted by molar-refractivity contribution is 6.33. The Morgan fingerprint density at radius 2 is 2.00 bits per heavy atom. The van der Waals surface area contributed by atoms with E-state index in [0.29, 0.717) is 11.6 Å². The van der Waals surface area contributed by atoms with Gasteiger partial charge in [0.25, 0.3) is 0 Å². The second-order valence-electron chi connectivity index (χ2n) is 4.95. The number of benzene rings is 2. The summed E-state index contributed by atoms with van der Waals surface area (Å²) in [5.74, 6) is -1.82. The number of aliphatic hydroxyl groups excluding tert-OH is 1. The van der Waals surface area contributed by atoms with Gasteiger partial charge in [-0.25, -0.2) is 13.6 Å². The Morgan fingerprint density at radius 1 is 1.30 bits per heavy atom. The van der Waals surface area contributed by atoms with E-state index in [-0.39, 0.29) is 17.3 Å². The fourth-order valence-electron chi connectivity index (χ4n) is 2.08. The van der Waals surface area contributed by atoms with Crippen LogP contribution in [0.25, 0.3) is 0 Å². The Kier molecular flexibility index (Phi) is 5.52. The molecular formula is C16H15ClF2N2O2. The van der Waals surface area contributed by atoms with E-state index in [1.54, 1.807) is 12.1 Å². The molecule has 1 atom stereocenters. The van der Waals surface area contributed by atoms with Crippen molar-refractivity contribution in [1.29, 1.82) is 0 Å². The predicted molar refractivity (Wildman–Crippen MR) is 84.5 cm³/mol. The minimum atomic E-state index is -0.982. The molecular weight excluding hydrogens is 326 g/mol. The molecule has 0 aromatic heterocycles. The van der Waals surface area contributed by atoms with Crippen LogP contribution in [0.15, 0.2) is 36.4 Å². The Morgan fingerprint density at radius 3 is 2.65 bits per heavy atom. The molecule has 23 heavy (non-hydrogen) atoms. The fraction of sp³-hybridized carbons (Fsp3) is 0.188. The van der Waals surface area contributed by atoms with Gasteiger partial charge in [0.1, 0.15) is 5.82 Å². The minimum absolute atomic E-state index is 0.0723. The maximum absolute atomic E-state index is 13.6. The number of aliphatic hydroxyl groups is 1. The highest BCUT2D eigenvalue weighted by Crippen LogP contribution is 2.26. The van der Waals surface area contributed by atoms with Gasteiger partial charge in [-0.1, -0.05) is 35.9 Å². The lowest BCUT2D eigenvalue weighted by Crippen LogP contribution is -2.33. The zero-order valence-corrected chi connectivity index (χ0v) is 13.0. The van der Waals surface area contributed by atoms with Crippen molar-refractivity contribution in [3.8, 4) is 0 Å². The number of aryl methyl sites for hydroxylation is 1. The number of carbonyl (C=O) groups is 1. The van der Waals surface area contributed by atoms with E-state index in [9.17, 15) is 18.7 Å². The first-order valence-corrected chi connectivity index (χ1v) is 7.19. The lowest BCUT2D eigenvalue weighted by atomic mass is 10.0. The molecule has 2 aromatic carbocycles. The van der Waals surface area contributed by atoms with Crippen LogP contribution in [0.5, 0.6) is 0 Å². The number of hydrogen-bond donors (Lipinski definition) is 3. The topological polar surface area (TPSA) is 61.4 Å². The smallest absolute Gasteiger partial charge is 0.319 e. The highest BCUT2D eigenvalue weighted by atomic mass is 35.5. The quantitative estimate of drug-likeness (QED) is 0.793. The van der Waals surface area contributed by atoms with Gasteiger partial charge in [0, 0.05) is 12.6 Å². The molecule has 0 fully saturated rings. The van der Waals surface area contributed by atoms with E-state index >= 15 is 0 Å². The standard InChI is InChI=1S/C16H15ClF2N2O2/c1-9-4-2-3-5-11(9)14(22)8-20-16(23)21-15-12(17)6-10(18)7-13(15)19/h2-7,14,22H,8H2,1H3,(H2,20,21,23). The van der Waals surface area contributed by atoms with E-state index in [1.807, 2.05) is 19.1 Å². The van der Waals surface area contributed by atoms with Crippen molar-refractivity contribution < 1.29 is 18.7 Å². The largest absolute Gasteiger partial charge is 0.387 e. The SMILES string of the molecule is Cc1ccccc1C(O)CNC(=O)Nc1c(F)cc(F)cc1Cl. The van der Waals surface area contributed by atoms with Crippen molar-refractivity contribution in [2.24, 2.45) is 0 Å². The van der Waals surface area contributed by atoms with E-state index in [4.69, 9.17) is 11.6 Å². The molecule has 0 spiro atoms. The minimum Gasteiger partial charge on any atom is -0.387 e. The molecule has 1 unspecified atom stereocenters. The van der Waals surface area contributed by atoms with Gasteiger partial charge >= 0.3 is 6.03 Å². The first-order valence-electron chi connectivity index (χ1n) is 6.81. The Hall–Kier alpha value is -2.18. The van der Waals surface area contributed by atoms with E-state index in [0.717, 1.165) is 11.6 Å². The highest BCUT2D eigenvalue weighted by Gasteiger charge is 2.15. The van der Waals surface area contributed by atoms with E-state index in [2.05, 4.69) is 10.6 Å². The molecule has 0 heterocycles.